The first-order valence-electron chi connectivity index (χ1n) is 7.86. The number of hydrogen-bond donors (Lipinski definition) is 1. The highest BCUT2D eigenvalue weighted by molar-refractivity contribution is 6.08. The lowest BCUT2D eigenvalue weighted by molar-refractivity contribution is 0.629. The normalized spacial score (nSPS) is 11.5. The summed E-state index contributed by atoms with van der Waals surface area (Å²) in [5, 5.41) is 1.92. The van der Waals surface area contributed by atoms with Gasteiger partial charge in [0, 0.05) is 21.9 Å². The van der Waals surface area contributed by atoms with Gasteiger partial charge in [0.15, 0.2) is 0 Å². The number of H-pyrrole nitrogens is 1. The molecule has 0 atom stereocenters. The van der Waals surface area contributed by atoms with Crippen molar-refractivity contribution in [1.82, 2.24) is 9.97 Å². The third kappa shape index (κ3) is 1.85. The number of nitrogens with zero attached hydrogens (tertiary/aromatic N) is 1. The minimum atomic E-state index is -0.250. The molecule has 2 aliphatic heterocycles. The SMILES string of the molecule is Fc1ccc2nc3c(-c4ccccc4)c4ccccc4[nH]c-3c2c1. The van der Waals surface area contributed by atoms with E-state index in [0.717, 1.165) is 44.3 Å². The van der Waals surface area contributed by atoms with Gasteiger partial charge in [-0.3, -0.25) is 0 Å². The fourth-order valence-electron chi connectivity index (χ4n) is 3.39. The largest absolute Gasteiger partial charge is 0.353 e. The van der Waals surface area contributed by atoms with E-state index in [-0.39, 0.29) is 5.82 Å². The monoisotopic (exact) mass is 312 g/mol. The molecule has 3 aromatic carbocycles. The second-order valence-corrected chi connectivity index (χ2v) is 5.91. The summed E-state index contributed by atoms with van der Waals surface area (Å²) >= 11 is 0. The summed E-state index contributed by atoms with van der Waals surface area (Å²) in [4.78, 5) is 8.23. The number of hydrogen-bond acceptors (Lipinski definition) is 1. The Morgan fingerprint density at radius 3 is 2.46 bits per heavy atom. The van der Waals surface area contributed by atoms with E-state index in [1.54, 1.807) is 12.1 Å². The molecule has 0 fully saturated rings. The summed E-state index contributed by atoms with van der Waals surface area (Å²) in [6, 6.07) is 23.1. The molecule has 114 valence electrons. The number of fused-ring (bicyclic) bond motifs is 4. The molecule has 0 aliphatic carbocycles. The Labute approximate surface area is 137 Å². The van der Waals surface area contributed by atoms with Gasteiger partial charge in [-0.05, 0) is 29.8 Å². The summed E-state index contributed by atoms with van der Waals surface area (Å²) in [5.41, 5.74) is 5.76. The molecule has 0 aromatic heterocycles. The molecule has 1 N–H and O–H groups in total. The molecule has 24 heavy (non-hydrogen) atoms. The molecular weight excluding hydrogens is 299 g/mol. The zero-order valence-electron chi connectivity index (χ0n) is 12.8. The van der Waals surface area contributed by atoms with E-state index >= 15 is 0 Å². The highest BCUT2D eigenvalue weighted by Crippen LogP contribution is 2.41. The lowest BCUT2D eigenvalue weighted by Crippen LogP contribution is -1.92. The molecule has 5 rings (SSSR count). The quantitative estimate of drug-likeness (QED) is 0.427. The molecule has 0 bridgehead atoms. The van der Waals surface area contributed by atoms with Gasteiger partial charge in [-0.25, -0.2) is 9.37 Å². The summed E-state index contributed by atoms with van der Waals surface area (Å²) < 4.78 is 13.7. The molecule has 2 nitrogen and oxygen atoms in total. The smallest absolute Gasteiger partial charge is 0.124 e. The summed E-state index contributed by atoms with van der Waals surface area (Å²) in [5.74, 6) is -0.250. The van der Waals surface area contributed by atoms with Crippen molar-refractivity contribution >= 4 is 21.8 Å². The number of benzene rings is 3. The van der Waals surface area contributed by atoms with E-state index in [1.807, 2.05) is 36.4 Å². The zero-order valence-corrected chi connectivity index (χ0v) is 12.8. The van der Waals surface area contributed by atoms with Crippen LogP contribution in [0.3, 0.4) is 0 Å². The second-order valence-electron chi connectivity index (χ2n) is 5.91. The van der Waals surface area contributed by atoms with Crippen molar-refractivity contribution in [3.05, 3.63) is 78.6 Å². The minimum Gasteiger partial charge on any atom is -0.353 e. The van der Waals surface area contributed by atoms with Gasteiger partial charge >= 0.3 is 0 Å². The molecule has 0 saturated heterocycles. The van der Waals surface area contributed by atoms with Gasteiger partial charge in [0.2, 0.25) is 0 Å². The summed E-state index contributed by atoms with van der Waals surface area (Å²) in [7, 11) is 0. The predicted molar refractivity (Wildman–Crippen MR) is 95.6 cm³/mol. The average Bonchev–Trinajstić information content (AvgIpc) is 2.98. The van der Waals surface area contributed by atoms with E-state index in [2.05, 4.69) is 23.2 Å². The van der Waals surface area contributed by atoms with E-state index in [0.29, 0.717) is 0 Å². The molecular formula is C21H13FN2. The Bertz CT molecular complexity index is 1160. The molecule has 0 radical (unpaired) electrons. The Hall–Kier alpha value is -3.20. The molecule has 2 heterocycles. The van der Waals surface area contributed by atoms with Gasteiger partial charge in [-0.1, -0.05) is 48.5 Å². The van der Waals surface area contributed by atoms with Crippen LogP contribution in [0.1, 0.15) is 0 Å². The first-order valence-corrected chi connectivity index (χ1v) is 7.86. The van der Waals surface area contributed by atoms with Gasteiger partial charge in [-0.15, -0.1) is 0 Å². The van der Waals surface area contributed by atoms with Crippen LogP contribution >= 0.6 is 0 Å². The van der Waals surface area contributed by atoms with E-state index in [1.165, 1.54) is 6.07 Å². The minimum absolute atomic E-state index is 0.250. The van der Waals surface area contributed by atoms with Crippen LogP contribution in [-0.2, 0) is 0 Å². The third-order valence-corrected chi connectivity index (χ3v) is 4.45. The van der Waals surface area contributed by atoms with Gasteiger partial charge < -0.3 is 4.98 Å². The van der Waals surface area contributed by atoms with E-state index in [4.69, 9.17) is 4.98 Å². The molecule has 0 spiro atoms. The predicted octanol–water partition coefficient (Wildman–Crippen LogP) is 5.63. The van der Waals surface area contributed by atoms with Crippen LogP contribution in [0.4, 0.5) is 4.39 Å². The molecule has 3 heteroatoms. The van der Waals surface area contributed by atoms with Crippen LogP contribution in [0.2, 0.25) is 0 Å². The first-order chi connectivity index (χ1) is 11.8. The van der Waals surface area contributed by atoms with Crippen molar-refractivity contribution in [3.63, 3.8) is 0 Å². The van der Waals surface area contributed by atoms with Crippen molar-refractivity contribution in [2.24, 2.45) is 0 Å². The van der Waals surface area contributed by atoms with Crippen LogP contribution in [0, 0.1) is 5.82 Å². The molecule has 0 amide bonds. The number of aromatic nitrogens is 2. The van der Waals surface area contributed by atoms with Gasteiger partial charge in [0.1, 0.15) is 5.82 Å². The number of halogens is 1. The van der Waals surface area contributed by atoms with Crippen molar-refractivity contribution in [2.75, 3.05) is 0 Å². The molecule has 0 saturated carbocycles. The highest BCUT2D eigenvalue weighted by atomic mass is 19.1. The summed E-state index contributed by atoms with van der Waals surface area (Å²) in [6.45, 7) is 0. The van der Waals surface area contributed by atoms with Crippen LogP contribution in [-0.4, -0.2) is 9.97 Å². The molecule has 2 aliphatic rings. The standard InChI is InChI=1S/C21H13FN2/c22-14-10-11-18-16(12-14)20-21(24-18)19(13-6-2-1-3-7-13)15-8-4-5-9-17(15)23-20/h1-12,23H. The molecule has 3 aromatic rings. The van der Waals surface area contributed by atoms with Crippen LogP contribution in [0.25, 0.3) is 44.3 Å². The van der Waals surface area contributed by atoms with E-state index in [9.17, 15) is 4.39 Å². The Morgan fingerprint density at radius 2 is 1.58 bits per heavy atom. The summed E-state index contributed by atoms with van der Waals surface area (Å²) in [6.07, 6.45) is 0. The van der Waals surface area contributed by atoms with Crippen molar-refractivity contribution in [3.8, 4) is 22.5 Å². The topological polar surface area (TPSA) is 28.7 Å². The molecule has 0 unspecified atom stereocenters. The maximum absolute atomic E-state index is 13.7. The average molecular weight is 312 g/mol. The number of para-hydroxylation sites is 1. The fourth-order valence-corrected chi connectivity index (χ4v) is 3.39. The van der Waals surface area contributed by atoms with Crippen molar-refractivity contribution in [1.29, 1.82) is 0 Å². The fraction of sp³-hybridized carbons (Fsp3) is 0. The number of pyridine rings is 1. The Balaban J connectivity index is 2.00. The van der Waals surface area contributed by atoms with Gasteiger partial charge in [0.25, 0.3) is 0 Å². The third-order valence-electron chi connectivity index (χ3n) is 4.45. The second kappa shape index (κ2) is 4.90. The van der Waals surface area contributed by atoms with Crippen molar-refractivity contribution < 1.29 is 4.39 Å². The van der Waals surface area contributed by atoms with E-state index < -0.39 is 0 Å². The lowest BCUT2D eigenvalue weighted by Gasteiger charge is -2.12. The van der Waals surface area contributed by atoms with Crippen LogP contribution in [0.5, 0.6) is 0 Å². The maximum atomic E-state index is 13.7. The Morgan fingerprint density at radius 1 is 0.792 bits per heavy atom. The number of rotatable bonds is 1. The zero-order chi connectivity index (χ0) is 16.1. The lowest BCUT2D eigenvalue weighted by atomic mass is 9.96. The Kier molecular flexibility index (Phi) is 2.71. The van der Waals surface area contributed by atoms with Gasteiger partial charge in [0.05, 0.1) is 16.9 Å². The number of aromatic amines is 1. The van der Waals surface area contributed by atoms with Crippen LogP contribution < -0.4 is 0 Å². The van der Waals surface area contributed by atoms with Crippen molar-refractivity contribution in [2.45, 2.75) is 0 Å². The number of nitrogens with one attached hydrogen (secondary N) is 1. The highest BCUT2D eigenvalue weighted by Gasteiger charge is 2.20. The maximum Gasteiger partial charge on any atom is 0.124 e. The van der Waals surface area contributed by atoms with Crippen LogP contribution in [0.15, 0.2) is 72.8 Å². The van der Waals surface area contributed by atoms with Gasteiger partial charge in [-0.2, -0.15) is 0 Å². The first kappa shape index (κ1) is 13.3.